The molecule has 1 heterocycles. The van der Waals surface area contributed by atoms with Gasteiger partial charge in [-0.2, -0.15) is 0 Å². The molecule has 3 N–H and O–H groups in total. The second-order valence-electron chi connectivity index (χ2n) is 8.37. The van der Waals surface area contributed by atoms with E-state index in [1.165, 1.54) is 34.3 Å². The highest BCUT2D eigenvalue weighted by atomic mass is 32.2. The van der Waals surface area contributed by atoms with Gasteiger partial charge in [0.15, 0.2) is 0 Å². The number of nitrogens with zero attached hydrogens (tertiary/aromatic N) is 1. The number of carbonyl (C=O) groups excluding carboxylic acids is 1. The Labute approximate surface area is 223 Å². The van der Waals surface area contributed by atoms with E-state index in [2.05, 4.69) is 50.9 Å². The number of allylic oxidation sites excluding steroid dienone is 3. The van der Waals surface area contributed by atoms with Crippen LogP contribution < -0.4 is 15.4 Å². The van der Waals surface area contributed by atoms with E-state index < -0.39 is 4.92 Å². The normalized spacial score (nSPS) is 21.8. The van der Waals surface area contributed by atoms with Crippen molar-refractivity contribution in [2.24, 2.45) is 5.92 Å². The lowest BCUT2D eigenvalue weighted by molar-refractivity contribution is -0.419. The average Bonchev–Trinajstić information content (AvgIpc) is 3.60. The number of hydrogen-bond donors (Lipinski definition) is 3. The fourth-order valence-electron chi connectivity index (χ4n) is 4.10. The molecule has 3 atom stereocenters. The molecule has 0 spiro atoms. The van der Waals surface area contributed by atoms with Crippen LogP contribution in [-0.2, 0) is 20.8 Å². The van der Waals surface area contributed by atoms with Crippen molar-refractivity contribution in [2.75, 3.05) is 19.5 Å². The van der Waals surface area contributed by atoms with Gasteiger partial charge in [0.25, 0.3) is 12.2 Å². The molecular weight excluding hydrogens is 492 g/mol. The van der Waals surface area contributed by atoms with E-state index in [0.717, 1.165) is 37.3 Å². The van der Waals surface area contributed by atoms with E-state index in [-0.39, 0.29) is 11.8 Å². The molecule has 3 unspecified atom stereocenters. The average molecular weight is 531 g/mol. The Balaban J connectivity index is 0.000000291. The molecular formula is C27H38N4O5S. The molecule has 10 heteroatoms. The SMILES string of the molecule is C=C(/C=C(\NC)Nc1ccc2c(c1)CNS2)C1CCC(OC)C1.CC.O=COC1C=CC([N+](=O)[O-])=CC1. The zero-order chi connectivity index (χ0) is 27.2. The monoisotopic (exact) mass is 530 g/mol. The molecule has 0 radical (unpaired) electrons. The van der Waals surface area contributed by atoms with Crippen molar-refractivity contribution >= 4 is 24.1 Å². The van der Waals surface area contributed by atoms with E-state index in [4.69, 9.17) is 4.74 Å². The minimum absolute atomic E-state index is 0.0424. The molecule has 0 aromatic heterocycles. The standard InChI is InChI=1S/C18H25N3OS.C7H7NO4.C2H6/c1-12(13-4-6-16(10-13)22-3)8-18(19-2)21-15-5-7-17-14(9-15)11-20-23-17;9-5-12-7-3-1-6(2-4-7)8(10)11;1-2/h5,7-9,13,16,19-21H,1,4,6,10-11H2,2-3H3;1-3,5,7H,4H2;1-2H3/b18-8+;;. The number of fused-ring (bicyclic) bond motifs is 1. The number of carbonyl (C=O) groups is 1. The number of anilines is 1. The van der Waals surface area contributed by atoms with E-state index in [9.17, 15) is 14.9 Å². The zero-order valence-corrected chi connectivity index (χ0v) is 22.8. The Kier molecular flexibility index (Phi) is 13.0. The summed E-state index contributed by atoms with van der Waals surface area (Å²) < 4.78 is 13.3. The number of rotatable bonds is 9. The van der Waals surface area contributed by atoms with Gasteiger partial charge in [0, 0.05) is 43.8 Å². The summed E-state index contributed by atoms with van der Waals surface area (Å²) in [7, 11) is 3.73. The van der Waals surface area contributed by atoms with Gasteiger partial charge in [0.2, 0.25) is 0 Å². The Morgan fingerprint density at radius 3 is 2.70 bits per heavy atom. The quantitative estimate of drug-likeness (QED) is 0.128. The first-order valence-electron chi connectivity index (χ1n) is 12.5. The maximum Gasteiger partial charge on any atom is 0.293 e. The van der Waals surface area contributed by atoms with Crippen molar-refractivity contribution in [1.82, 2.24) is 10.0 Å². The Hall–Kier alpha value is -3.08. The van der Waals surface area contributed by atoms with Crippen molar-refractivity contribution in [2.45, 2.75) is 63.2 Å². The van der Waals surface area contributed by atoms with E-state index in [1.807, 2.05) is 20.9 Å². The molecule has 2 aliphatic carbocycles. The predicted octanol–water partition coefficient (Wildman–Crippen LogP) is 5.32. The topological polar surface area (TPSA) is 115 Å². The maximum atomic E-state index is 10.2. The highest BCUT2D eigenvalue weighted by Gasteiger charge is 2.25. The molecule has 9 nitrogen and oxygen atoms in total. The lowest BCUT2D eigenvalue weighted by Gasteiger charge is -2.15. The summed E-state index contributed by atoms with van der Waals surface area (Å²) in [5.74, 6) is 1.50. The van der Waals surface area contributed by atoms with Crippen LogP contribution in [-0.4, -0.2) is 37.8 Å². The highest BCUT2D eigenvalue weighted by molar-refractivity contribution is 7.97. The number of nitro groups is 1. The maximum absolute atomic E-state index is 10.2. The van der Waals surface area contributed by atoms with Crippen LogP contribution in [0.5, 0.6) is 0 Å². The third-order valence-electron chi connectivity index (χ3n) is 6.11. The number of methoxy groups -OCH3 is 1. The zero-order valence-electron chi connectivity index (χ0n) is 22.0. The van der Waals surface area contributed by atoms with Gasteiger partial charge in [-0.25, -0.2) is 0 Å². The molecule has 1 saturated carbocycles. The van der Waals surface area contributed by atoms with Crippen molar-refractivity contribution in [3.05, 3.63) is 81.9 Å². The summed E-state index contributed by atoms with van der Waals surface area (Å²) in [5.41, 5.74) is 3.65. The third-order valence-corrected chi connectivity index (χ3v) is 7.01. The van der Waals surface area contributed by atoms with Crippen molar-refractivity contribution < 1.29 is 19.2 Å². The molecule has 3 aliphatic rings. The molecule has 4 rings (SSSR count). The van der Waals surface area contributed by atoms with Gasteiger partial charge in [-0.3, -0.25) is 19.6 Å². The molecule has 1 aromatic rings. The Bertz CT molecular complexity index is 1020. The van der Waals surface area contributed by atoms with Gasteiger partial charge >= 0.3 is 0 Å². The summed E-state index contributed by atoms with van der Waals surface area (Å²) in [6, 6.07) is 6.47. The number of nitrogens with one attached hydrogen (secondary N) is 3. The molecule has 0 amide bonds. The van der Waals surface area contributed by atoms with Gasteiger partial charge in [-0.05, 0) is 84.7 Å². The van der Waals surface area contributed by atoms with Gasteiger partial charge in [-0.15, -0.1) is 0 Å². The van der Waals surface area contributed by atoms with Crippen molar-refractivity contribution in [3.63, 3.8) is 0 Å². The van der Waals surface area contributed by atoms with Crippen LogP contribution in [0.15, 0.2) is 71.1 Å². The summed E-state index contributed by atoms with van der Waals surface area (Å²) in [4.78, 5) is 20.9. The molecule has 0 saturated heterocycles. The Morgan fingerprint density at radius 2 is 2.11 bits per heavy atom. The lowest BCUT2D eigenvalue weighted by Crippen LogP contribution is -2.16. The van der Waals surface area contributed by atoms with Gasteiger partial charge < -0.3 is 20.1 Å². The molecule has 37 heavy (non-hydrogen) atoms. The fraction of sp³-hybridized carbons (Fsp3) is 0.444. The smallest absolute Gasteiger partial charge is 0.293 e. The van der Waals surface area contributed by atoms with Crippen molar-refractivity contribution in [3.8, 4) is 0 Å². The van der Waals surface area contributed by atoms with Crippen LogP contribution in [0.1, 0.15) is 45.1 Å². The van der Waals surface area contributed by atoms with Crippen LogP contribution in [0.3, 0.4) is 0 Å². The van der Waals surface area contributed by atoms with E-state index >= 15 is 0 Å². The minimum atomic E-state index is -0.479. The second-order valence-corrected chi connectivity index (χ2v) is 9.31. The van der Waals surface area contributed by atoms with E-state index in [0.29, 0.717) is 24.9 Å². The highest BCUT2D eigenvalue weighted by Crippen LogP contribution is 2.33. The van der Waals surface area contributed by atoms with Gasteiger partial charge in [-0.1, -0.05) is 20.4 Å². The van der Waals surface area contributed by atoms with Crippen LogP contribution in [0, 0.1) is 16.0 Å². The molecule has 0 bridgehead atoms. The summed E-state index contributed by atoms with van der Waals surface area (Å²) in [6.45, 7) is 9.52. The molecule has 1 aromatic carbocycles. The number of ether oxygens (including phenoxy) is 2. The molecule has 202 valence electrons. The van der Waals surface area contributed by atoms with Crippen LogP contribution in [0.4, 0.5) is 5.69 Å². The van der Waals surface area contributed by atoms with Crippen molar-refractivity contribution in [1.29, 1.82) is 0 Å². The summed E-state index contributed by atoms with van der Waals surface area (Å²) in [6.07, 6.45) is 10.1. The number of benzene rings is 1. The third kappa shape index (κ3) is 9.38. The van der Waals surface area contributed by atoms with Gasteiger partial charge in [0.05, 0.1) is 11.0 Å². The molecule has 1 fully saturated rings. The van der Waals surface area contributed by atoms with Crippen LogP contribution in [0.2, 0.25) is 0 Å². The Morgan fingerprint density at radius 1 is 1.32 bits per heavy atom. The van der Waals surface area contributed by atoms with Crippen LogP contribution in [0.25, 0.3) is 0 Å². The lowest BCUT2D eigenvalue weighted by atomic mass is 9.98. The van der Waals surface area contributed by atoms with Gasteiger partial charge in [0.1, 0.15) is 11.9 Å². The largest absolute Gasteiger partial charge is 0.460 e. The second kappa shape index (κ2) is 15.9. The minimum Gasteiger partial charge on any atom is -0.460 e. The number of hydrogen-bond acceptors (Lipinski definition) is 9. The van der Waals surface area contributed by atoms with Crippen LogP contribution >= 0.6 is 11.9 Å². The first kappa shape index (κ1) is 30.1. The first-order valence-corrected chi connectivity index (χ1v) is 13.3. The summed E-state index contributed by atoms with van der Waals surface area (Å²) in [5, 5.41) is 16.9. The fourth-order valence-corrected chi connectivity index (χ4v) is 4.89. The first-order chi connectivity index (χ1) is 17.9. The van der Waals surface area contributed by atoms with E-state index in [1.54, 1.807) is 19.1 Å². The molecule has 1 aliphatic heterocycles. The summed E-state index contributed by atoms with van der Waals surface area (Å²) >= 11 is 1.70. The predicted molar refractivity (Wildman–Crippen MR) is 148 cm³/mol.